The number of carbonyl (C=O) groups excluding carboxylic acids is 1. The fraction of sp³-hybridized carbons (Fsp3) is 0.350. The Morgan fingerprint density at radius 3 is 2.52 bits per heavy atom. The van der Waals surface area contributed by atoms with Gasteiger partial charge in [-0.25, -0.2) is 8.42 Å². The number of rotatable bonds is 4. The van der Waals surface area contributed by atoms with Crippen molar-refractivity contribution in [2.45, 2.75) is 30.2 Å². The minimum absolute atomic E-state index is 0.180. The van der Waals surface area contributed by atoms with Crippen LogP contribution in [0, 0.1) is 0 Å². The van der Waals surface area contributed by atoms with Crippen LogP contribution in [0.1, 0.15) is 19.3 Å². The predicted molar refractivity (Wildman–Crippen MR) is 112 cm³/mol. The summed E-state index contributed by atoms with van der Waals surface area (Å²) in [6.45, 7) is 1.26. The lowest BCUT2D eigenvalue weighted by molar-refractivity contribution is -0.120. The number of carbonyl (C=O) groups is 1. The molecule has 0 spiro atoms. The number of anilines is 1. The first-order valence-electron chi connectivity index (χ1n) is 9.43. The fourth-order valence-electron chi connectivity index (χ4n) is 3.54. The molecule has 2 aromatic carbocycles. The van der Waals surface area contributed by atoms with E-state index < -0.39 is 16.1 Å². The summed E-state index contributed by atoms with van der Waals surface area (Å²) in [5.41, 5.74) is 0.547. The Bertz CT molecular complexity index is 1010. The predicted octanol–water partition coefficient (Wildman–Crippen LogP) is 3.40. The van der Waals surface area contributed by atoms with Crippen LogP contribution in [0.25, 0.3) is 0 Å². The van der Waals surface area contributed by atoms with Crippen molar-refractivity contribution in [2.75, 3.05) is 25.1 Å². The number of hydrogen-bond acceptors (Lipinski definition) is 5. The third kappa shape index (κ3) is 4.26. The second kappa shape index (κ2) is 8.33. The van der Waals surface area contributed by atoms with Crippen LogP contribution in [0.4, 0.5) is 5.69 Å². The van der Waals surface area contributed by atoms with Crippen LogP contribution in [0.2, 0.25) is 0 Å². The van der Waals surface area contributed by atoms with Crippen molar-refractivity contribution in [3.8, 4) is 11.5 Å². The number of nitrogens with one attached hydrogen (secondary N) is 1. The number of piperidine rings is 1. The van der Waals surface area contributed by atoms with Gasteiger partial charge in [0.05, 0.1) is 4.90 Å². The lowest BCUT2D eigenvalue weighted by atomic mass is 10.0. The summed E-state index contributed by atoms with van der Waals surface area (Å²) in [4.78, 5) is 13.2. The number of amides is 1. The molecule has 1 amide bonds. The third-order valence-electron chi connectivity index (χ3n) is 4.99. The molecule has 2 heterocycles. The van der Waals surface area contributed by atoms with E-state index in [9.17, 15) is 13.2 Å². The Morgan fingerprint density at radius 2 is 1.76 bits per heavy atom. The molecular weight excluding hydrogens is 460 g/mol. The monoisotopic (exact) mass is 480 g/mol. The number of hydrogen-bond donors (Lipinski definition) is 1. The second-order valence-electron chi connectivity index (χ2n) is 6.93. The van der Waals surface area contributed by atoms with Crippen LogP contribution in [-0.4, -0.2) is 44.4 Å². The molecule has 0 aromatic heterocycles. The first kappa shape index (κ1) is 20.2. The van der Waals surface area contributed by atoms with Gasteiger partial charge < -0.3 is 14.8 Å². The average molecular weight is 481 g/mol. The zero-order valence-corrected chi connectivity index (χ0v) is 18.0. The van der Waals surface area contributed by atoms with E-state index in [0.29, 0.717) is 43.4 Å². The zero-order valence-electron chi connectivity index (χ0n) is 15.6. The Balaban J connectivity index is 1.55. The highest BCUT2D eigenvalue weighted by Crippen LogP contribution is 2.33. The highest BCUT2D eigenvalue weighted by molar-refractivity contribution is 9.10. The molecule has 2 aromatic rings. The van der Waals surface area contributed by atoms with Crippen molar-refractivity contribution >= 4 is 37.5 Å². The topological polar surface area (TPSA) is 84.9 Å². The number of sulfonamides is 1. The summed E-state index contributed by atoms with van der Waals surface area (Å²) < 4.78 is 39.4. The highest BCUT2D eigenvalue weighted by Gasteiger charge is 2.37. The summed E-state index contributed by atoms with van der Waals surface area (Å²) in [6.07, 6.45) is 2.00. The second-order valence-corrected chi connectivity index (χ2v) is 9.74. The smallest absolute Gasteiger partial charge is 0.243 e. The number of ether oxygens (including phenoxy) is 2. The van der Waals surface area contributed by atoms with Crippen LogP contribution in [-0.2, 0) is 14.8 Å². The Labute approximate surface area is 178 Å². The molecule has 1 saturated heterocycles. The van der Waals surface area contributed by atoms with Crippen LogP contribution in [0.15, 0.2) is 51.8 Å². The maximum Gasteiger partial charge on any atom is 0.243 e. The largest absolute Gasteiger partial charge is 0.486 e. The van der Waals surface area contributed by atoms with Gasteiger partial charge in [-0.2, -0.15) is 4.31 Å². The molecular formula is C20H21BrN2O5S. The van der Waals surface area contributed by atoms with Gasteiger partial charge in [-0.1, -0.05) is 22.4 Å². The minimum Gasteiger partial charge on any atom is -0.486 e. The summed E-state index contributed by atoms with van der Waals surface area (Å²) >= 11 is 3.31. The molecule has 29 heavy (non-hydrogen) atoms. The quantitative estimate of drug-likeness (QED) is 0.724. The first-order chi connectivity index (χ1) is 13.9. The van der Waals surface area contributed by atoms with Gasteiger partial charge in [0, 0.05) is 22.8 Å². The number of nitrogens with zero attached hydrogens (tertiary/aromatic N) is 1. The molecule has 1 N–H and O–H groups in total. The lowest BCUT2D eigenvalue weighted by Crippen LogP contribution is -2.49. The third-order valence-corrected chi connectivity index (χ3v) is 7.44. The number of fused-ring (bicyclic) bond motifs is 1. The number of halogens is 1. The minimum atomic E-state index is -3.77. The Hall–Kier alpha value is -2.10. The molecule has 2 aliphatic rings. The molecule has 2 aliphatic heterocycles. The van der Waals surface area contributed by atoms with Crippen molar-refractivity contribution < 1.29 is 22.7 Å². The maximum absolute atomic E-state index is 13.2. The molecule has 0 aliphatic carbocycles. The summed E-state index contributed by atoms with van der Waals surface area (Å²) in [5, 5.41) is 2.84. The molecule has 1 fully saturated rings. The molecule has 1 atom stereocenters. The average Bonchev–Trinajstić information content (AvgIpc) is 2.74. The van der Waals surface area contributed by atoms with Gasteiger partial charge in [-0.3, -0.25) is 4.79 Å². The van der Waals surface area contributed by atoms with E-state index >= 15 is 0 Å². The lowest BCUT2D eigenvalue weighted by Gasteiger charge is -2.33. The van der Waals surface area contributed by atoms with Gasteiger partial charge in [-0.15, -0.1) is 0 Å². The molecule has 0 saturated carbocycles. The maximum atomic E-state index is 13.2. The van der Waals surface area contributed by atoms with Crippen molar-refractivity contribution in [3.63, 3.8) is 0 Å². The fourth-order valence-corrected chi connectivity index (χ4v) is 5.46. The molecule has 4 rings (SSSR count). The Morgan fingerprint density at radius 1 is 1.03 bits per heavy atom. The van der Waals surface area contributed by atoms with Crippen LogP contribution < -0.4 is 14.8 Å². The van der Waals surface area contributed by atoms with E-state index in [4.69, 9.17) is 9.47 Å². The molecule has 0 bridgehead atoms. The van der Waals surface area contributed by atoms with Gasteiger partial charge >= 0.3 is 0 Å². The van der Waals surface area contributed by atoms with Gasteiger partial charge in [0.25, 0.3) is 0 Å². The SMILES string of the molecule is O=C(Nc1ccc2c(c1)OCCO2)C1CCCCN1S(=O)(=O)c1ccc(Br)cc1. The van der Waals surface area contributed by atoms with E-state index in [0.717, 1.165) is 17.3 Å². The summed E-state index contributed by atoms with van der Waals surface area (Å²) in [6, 6.07) is 10.9. The van der Waals surface area contributed by atoms with E-state index in [1.165, 1.54) is 4.31 Å². The van der Waals surface area contributed by atoms with Gasteiger partial charge in [0.1, 0.15) is 19.3 Å². The number of benzene rings is 2. The van der Waals surface area contributed by atoms with E-state index in [1.54, 1.807) is 42.5 Å². The molecule has 9 heteroatoms. The first-order valence-corrected chi connectivity index (χ1v) is 11.7. The summed E-state index contributed by atoms with van der Waals surface area (Å²) in [5.74, 6) is 0.852. The van der Waals surface area contributed by atoms with Crippen LogP contribution in [0.5, 0.6) is 11.5 Å². The molecule has 154 valence electrons. The molecule has 7 nitrogen and oxygen atoms in total. The van der Waals surface area contributed by atoms with E-state index in [1.807, 2.05) is 0 Å². The van der Waals surface area contributed by atoms with Crippen molar-refractivity contribution in [2.24, 2.45) is 0 Å². The van der Waals surface area contributed by atoms with Crippen LogP contribution in [0.3, 0.4) is 0 Å². The highest BCUT2D eigenvalue weighted by atomic mass is 79.9. The Kier molecular flexibility index (Phi) is 5.80. The van der Waals surface area contributed by atoms with Gasteiger partial charge in [0.2, 0.25) is 15.9 Å². The molecule has 1 unspecified atom stereocenters. The van der Waals surface area contributed by atoms with E-state index in [-0.39, 0.29) is 10.8 Å². The van der Waals surface area contributed by atoms with Gasteiger partial charge in [0.15, 0.2) is 11.5 Å². The van der Waals surface area contributed by atoms with Crippen molar-refractivity contribution in [3.05, 3.63) is 46.9 Å². The normalized spacial score (nSPS) is 19.6. The van der Waals surface area contributed by atoms with E-state index in [2.05, 4.69) is 21.2 Å². The van der Waals surface area contributed by atoms with Crippen molar-refractivity contribution in [1.82, 2.24) is 4.31 Å². The summed E-state index contributed by atoms with van der Waals surface area (Å²) in [7, 11) is -3.77. The van der Waals surface area contributed by atoms with Gasteiger partial charge in [-0.05, 0) is 49.2 Å². The standard InChI is InChI=1S/C20H21BrN2O5S/c21-14-4-7-16(8-5-14)29(25,26)23-10-2-1-3-17(23)20(24)22-15-6-9-18-19(13-15)28-12-11-27-18/h4-9,13,17H,1-3,10-12H2,(H,22,24). The molecule has 0 radical (unpaired) electrons. The van der Waals surface area contributed by atoms with Crippen molar-refractivity contribution in [1.29, 1.82) is 0 Å². The zero-order chi connectivity index (χ0) is 20.4. The van der Waals surface area contributed by atoms with Crippen LogP contribution >= 0.6 is 15.9 Å².